The van der Waals surface area contributed by atoms with Gasteiger partial charge in [-0.2, -0.15) is 14.7 Å². The fraction of sp³-hybridized carbons (Fsp3) is 0.143. The normalized spacial score (nSPS) is 11.1. The van der Waals surface area contributed by atoms with Gasteiger partial charge in [0.2, 0.25) is 10.8 Å². The van der Waals surface area contributed by atoms with Crippen molar-refractivity contribution in [3.63, 3.8) is 0 Å². The highest BCUT2D eigenvalue weighted by molar-refractivity contribution is 7.19. The Morgan fingerprint density at radius 2 is 1.52 bits per heavy atom. The van der Waals surface area contributed by atoms with Crippen LogP contribution in [-0.4, -0.2) is 51.3 Å². The van der Waals surface area contributed by atoms with E-state index < -0.39 is 0 Å². The highest BCUT2D eigenvalue weighted by atomic mass is 32.1. The van der Waals surface area contributed by atoms with Gasteiger partial charge in [-0.3, -0.25) is 5.10 Å². The topological polar surface area (TPSA) is 99.5 Å². The molecule has 0 bridgehead atoms. The Morgan fingerprint density at radius 1 is 0.806 bits per heavy atom. The summed E-state index contributed by atoms with van der Waals surface area (Å²) in [5.41, 5.74) is 3.36. The molecule has 1 N–H and O–H groups in total. The van der Waals surface area contributed by atoms with Crippen molar-refractivity contribution in [3.05, 3.63) is 48.5 Å². The monoisotopic (exact) mass is 434 g/mol. The van der Waals surface area contributed by atoms with Crippen LogP contribution in [0.3, 0.4) is 0 Å². The first kappa shape index (κ1) is 19.1. The van der Waals surface area contributed by atoms with Gasteiger partial charge in [-0.05, 0) is 42.5 Å². The van der Waals surface area contributed by atoms with E-state index in [0.29, 0.717) is 22.3 Å². The molecule has 5 rings (SSSR count). The summed E-state index contributed by atoms with van der Waals surface area (Å²) < 4.78 is 17.7. The van der Waals surface area contributed by atoms with Crippen LogP contribution in [0.25, 0.3) is 38.3 Å². The molecule has 0 aliphatic carbocycles. The van der Waals surface area contributed by atoms with Crippen LogP contribution < -0.4 is 14.2 Å². The highest BCUT2D eigenvalue weighted by Crippen LogP contribution is 2.33. The molecule has 2 aromatic carbocycles. The van der Waals surface area contributed by atoms with Gasteiger partial charge >= 0.3 is 0 Å². The minimum absolute atomic E-state index is 0.583. The van der Waals surface area contributed by atoms with Crippen LogP contribution >= 0.6 is 11.3 Å². The number of nitrogens with zero attached hydrogens (tertiary/aromatic N) is 5. The number of nitrogens with one attached hydrogen (secondary N) is 1. The SMILES string of the molecule is COc1ccc(-c2cc(-c3nnc4sc(-c5cc(OC)cc(OC)c5)nn34)[nH]n2)cc1. The van der Waals surface area contributed by atoms with Crippen LogP contribution in [0.5, 0.6) is 17.2 Å². The van der Waals surface area contributed by atoms with E-state index in [1.807, 2.05) is 48.5 Å². The summed E-state index contributed by atoms with van der Waals surface area (Å²) >= 11 is 1.43. The first-order chi connectivity index (χ1) is 15.2. The minimum atomic E-state index is 0.583. The van der Waals surface area contributed by atoms with Gasteiger partial charge in [0.05, 0.1) is 27.0 Å². The largest absolute Gasteiger partial charge is 0.497 e. The van der Waals surface area contributed by atoms with E-state index in [2.05, 4.69) is 20.4 Å². The summed E-state index contributed by atoms with van der Waals surface area (Å²) in [7, 11) is 4.88. The number of methoxy groups -OCH3 is 3. The van der Waals surface area contributed by atoms with Crippen molar-refractivity contribution >= 4 is 16.3 Å². The maximum Gasteiger partial charge on any atom is 0.235 e. The fourth-order valence-corrected chi connectivity index (χ4v) is 4.00. The Hall–Kier alpha value is -3.92. The molecule has 0 spiro atoms. The summed E-state index contributed by atoms with van der Waals surface area (Å²) in [5, 5.41) is 21.5. The van der Waals surface area contributed by atoms with Crippen molar-refractivity contribution < 1.29 is 14.2 Å². The van der Waals surface area contributed by atoms with Crippen LogP contribution in [0, 0.1) is 0 Å². The van der Waals surface area contributed by atoms with Gasteiger partial charge in [-0.1, -0.05) is 11.3 Å². The van der Waals surface area contributed by atoms with Crippen molar-refractivity contribution in [1.29, 1.82) is 0 Å². The predicted molar refractivity (Wildman–Crippen MR) is 117 cm³/mol. The van der Waals surface area contributed by atoms with Crippen molar-refractivity contribution in [2.75, 3.05) is 21.3 Å². The number of hydrogen-bond donors (Lipinski definition) is 1. The second-order valence-electron chi connectivity index (χ2n) is 6.62. The predicted octanol–water partition coefficient (Wildman–Crippen LogP) is 3.94. The van der Waals surface area contributed by atoms with Crippen LogP contribution in [0.15, 0.2) is 48.5 Å². The number of rotatable bonds is 6. The van der Waals surface area contributed by atoms with Crippen LogP contribution in [-0.2, 0) is 0 Å². The molecule has 0 saturated heterocycles. The number of ether oxygens (including phenoxy) is 3. The molecule has 10 heteroatoms. The zero-order valence-electron chi connectivity index (χ0n) is 17.0. The summed E-state index contributed by atoms with van der Waals surface area (Å²) in [6, 6.07) is 15.3. The number of benzene rings is 2. The molecule has 0 unspecified atom stereocenters. The first-order valence-corrected chi connectivity index (χ1v) is 10.2. The molecule has 156 valence electrons. The number of aromatic amines is 1. The van der Waals surface area contributed by atoms with Gasteiger partial charge in [0.25, 0.3) is 0 Å². The average Bonchev–Trinajstić information content (AvgIpc) is 3.54. The van der Waals surface area contributed by atoms with Crippen molar-refractivity contribution in [3.8, 4) is 50.6 Å². The molecule has 0 atom stereocenters. The lowest BCUT2D eigenvalue weighted by molar-refractivity contribution is 0.394. The number of aromatic nitrogens is 6. The molecule has 0 aliphatic rings. The molecular weight excluding hydrogens is 416 g/mol. The molecule has 3 aromatic heterocycles. The third kappa shape index (κ3) is 3.46. The van der Waals surface area contributed by atoms with Gasteiger partial charge in [0, 0.05) is 17.2 Å². The molecule has 0 aliphatic heterocycles. The zero-order chi connectivity index (χ0) is 21.4. The lowest BCUT2D eigenvalue weighted by atomic mass is 10.1. The molecule has 9 nitrogen and oxygen atoms in total. The van der Waals surface area contributed by atoms with Crippen LogP contribution in [0.1, 0.15) is 0 Å². The summed E-state index contributed by atoms with van der Waals surface area (Å²) in [4.78, 5) is 0.674. The fourth-order valence-electron chi connectivity index (χ4n) is 3.18. The quantitative estimate of drug-likeness (QED) is 0.432. The van der Waals surface area contributed by atoms with Crippen molar-refractivity contribution in [2.45, 2.75) is 0 Å². The number of H-pyrrole nitrogens is 1. The minimum Gasteiger partial charge on any atom is -0.497 e. The average molecular weight is 434 g/mol. The third-order valence-corrected chi connectivity index (χ3v) is 5.74. The van der Waals surface area contributed by atoms with Crippen molar-refractivity contribution in [1.82, 2.24) is 30.0 Å². The van der Waals surface area contributed by atoms with E-state index >= 15 is 0 Å². The summed E-state index contributed by atoms with van der Waals surface area (Å²) in [6.07, 6.45) is 0. The van der Waals surface area contributed by atoms with Crippen LogP contribution in [0.2, 0.25) is 0 Å². The third-order valence-electron chi connectivity index (χ3n) is 4.79. The Morgan fingerprint density at radius 3 is 2.19 bits per heavy atom. The smallest absolute Gasteiger partial charge is 0.235 e. The molecule has 0 fully saturated rings. The molecule has 5 aromatic rings. The maximum atomic E-state index is 5.37. The molecular formula is C21H18N6O3S. The Kier molecular flexibility index (Phi) is 4.75. The molecule has 31 heavy (non-hydrogen) atoms. The van der Waals surface area contributed by atoms with Crippen LogP contribution in [0.4, 0.5) is 0 Å². The van der Waals surface area contributed by atoms with E-state index in [4.69, 9.17) is 19.3 Å². The summed E-state index contributed by atoms with van der Waals surface area (Å²) in [5.74, 6) is 2.76. The lowest BCUT2D eigenvalue weighted by Gasteiger charge is -2.06. The summed E-state index contributed by atoms with van der Waals surface area (Å²) in [6.45, 7) is 0. The maximum absolute atomic E-state index is 5.37. The van der Waals surface area contributed by atoms with E-state index in [0.717, 1.165) is 33.3 Å². The molecule has 0 saturated carbocycles. The van der Waals surface area contributed by atoms with E-state index in [9.17, 15) is 0 Å². The zero-order valence-corrected chi connectivity index (χ0v) is 17.8. The second kappa shape index (κ2) is 7.73. The van der Waals surface area contributed by atoms with E-state index in [1.165, 1.54) is 11.3 Å². The molecule has 0 amide bonds. The number of fused-ring (bicyclic) bond motifs is 1. The van der Waals surface area contributed by atoms with Crippen molar-refractivity contribution in [2.24, 2.45) is 0 Å². The Balaban J connectivity index is 1.51. The molecule has 0 radical (unpaired) electrons. The van der Waals surface area contributed by atoms with Gasteiger partial charge < -0.3 is 14.2 Å². The standard InChI is InChI=1S/C21H18N6O3S/c1-28-14-6-4-12(5-7-14)17-11-18(23-22-17)19-24-25-21-27(19)26-20(31-21)13-8-15(29-2)10-16(9-13)30-3/h4-11H,1-3H3,(H,22,23). The second-order valence-corrected chi connectivity index (χ2v) is 7.58. The first-order valence-electron chi connectivity index (χ1n) is 9.34. The van der Waals surface area contributed by atoms with E-state index in [-0.39, 0.29) is 0 Å². The van der Waals surface area contributed by atoms with Gasteiger partial charge in [-0.15, -0.1) is 10.2 Å². The lowest BCUT2D eigenvalue weighted by Crippen LogP contribution is -1.92. The van der Waals surface area contributed by atoms with Gasteiger partial charge in [0.15, 0.2) is 0 Å². The van der Waals surface area contributed by atoms with E-state index in [1.54, 1.807) is 25.8 Å². The Bertz CT molecular complexity index is 1330. The molecule has 3 heterocycles. The highest BCUT2D eigenvalue weighted by Gasteiger charge is 2.17. The van der Waals surface area contributed by atoms with Gasteiger partial charge in [0.1, 0.15) is 28.0 Å². The number of hydrogen-bond acceptors (Lipinski definition) is 8. The Labute approximate surface area is 181 Å². The van der Waals surface area contributed by atoms with Gasteiger partial charge in [-0.25, -0.2) is 0 Å².